The second-order valence-electron chi connectivity index (χ2n) is 12.7. The summed E-state index contributed by atoms with van der Waals surface area (Å²) in [7, 11) is 0. The van der Waals surface area contributed by atoms with Crippen LogP contribution in [0.3, 0.4) is 0 Å². The fourth-order valence-electron chi connectivity index (χ4n) is 6.47. The summed E-state index contributed by atoms with van der Waals surface area (Å²) in [4.78, 5) is 43.6. The van der Waals surface area contributed by atoms with Gasteiger partial charge in [-0.1, -0.05) is 49.6 Å². The van der Waals surface area contributed by atoms with E-state index in [2.05, 4.69) is 20.9 Å². The zero-order valence-corrected chi connectivity index (χ0v) is 26.5. The molecule has 0 bridgehead atoms. The summed E-state index contributed by atoms with van der Waals surface area (Å²) in [5.41, 5.74) is 3.00. The Labute approximate surface area is 266 Å². The van der Waals surface area contributed by atoms with Crippen LogP contribution in [0.25, 0.3) is 0 Å². The predicted molar refractivity (Wildman–Crippen MR) is 176 cm³/mol. The Bertz CT molecular complexity index is 1280. The van der Waals surface area contributed by atoms with Crippen molar-refractivity contribution in [3.05, 3.63) is 59.7 Å². The third kappa shape index (κ3) is 9.28. The number of hydrogen-bond donors (Lipinski definition) is 4. The predicted octanol–water partition coefficient (Wildman–Crippen LogP) is 3.17. The Morgan fingerprint density at radius 1 is 0.956 bits per heavy atom. The average Bonchev–Trinajstić information content (AvgIpc) is 3.08. The topological polar surface area (TPSA) is 123 Å². The normalized spacial score (nSPS) is 19.9. The summed E-state index contributed by atoms with van der Waals surface area (Å²) in [6.07, 6.45) is 7.26. The van der Waals surface area contributed by atoms with Crippen molar-refractivity contribution in [1.82, 2.24) is 16.0 Å². The summed E-state index contributed by atoms with van der Waals surface area (Å²) >= 11 is 0. The smallest absolute Gasteiger partial charge is 0.251 e. The summed E-state index contributed by atoms with van der Waals surface area (Å²) in [5.74, 6) is -0.326. The number of benzene rings is 2. The largest absolute Gasteiger partial charge is 0.390 e. The molecule has 2 aromatic rings. The fraction of sp³-hybridized carbons (Fsp3) is 0.571. The second kappa shape index (κ2) is 16.2. The molecule has 0 aromatic heterocycles. The number of carbonyl (C=O) groups excluding carboxylic acids is 3. The van der Waals surface area contributed by atoms with Crippen LogP contribution in [0.5, 0.6) is 0 Å². The van der Waals surface area contributed by atoms with Gasteiger partial charge in [0.05, 0.1) is 31.4 Å². The van der Waals surface area contributed by atoms with E-state index in [4.69, 9.17) is 4.74 Å². The van der Waals surface area contributed by atoms with Crippen molar-refractivity contribution in [2.75, 3.05) is 49.2 Å². The molecule has 5 rings (SSSR count). The molecular weight excluding hydrogens is 570 g/mol. The minimum absolute atomic E-state index is 0.0665. The monoisotopic (exact) mass is 619 g/mol. The van der Waals surface area contributed by atoms with Crippen LogP contribution in [0.15, 0.2) is 48.5 Å². The number of rotatable bonds is 12. The minimum atomic E-state index is -0.954. The molecule has 3 amide bonds. The fourth-order valence-corrected chi connectivity index (χ4v) is 6.47. The molecule has 244 valence electrons. The van der Waals surface area contributed by atoms with Crippen molar-refractivity contribution in [2.45, 2.75) is 88.9 Å². The average molecular weight is 620 g/mol. The van der Waals surface area contributed by atoms with E-state index in [1.54, 1.807) is 17.9 Å². The van der Waals surface area contributed by atoms with Crippen molar-refractivity contribution < 1.29 is 24.2 Å². The van der Waals surface area contributed by atoms with Gasteiger partial charge in [-0.05, 0) is 62.8 Å². The maximum atomic E-state index is 13.9. The van der Waals surface area contributed by atoms with Gasteiger partial charge < -0.3 is 35.6 Å². The van der Waals surface area contributed by atoms with E-state index in [-0.39, 0.29) is 30.3 Å². The van der Waals surface area contributed by atoms with Gasteiger partial charge in [0.2, 0.25) is 11.8 Å². The standard InChI is InChI=1S/C35H49N5O5/c1-25(34(43)37-28-12-6-3-7-13-28)36-24-32(41)31(20-26-10-4-2-5-11-26)38-35(44)27-21-29(39-16-18-45-19-17-39)23-30(22-27)40-15-9-8-14-33(40)42/h2,4-5,10-11,21-23,25,28,31-32,36,41H,3,6-9,12-20,24H2,1H3,(H,37,43)(H,38,44)/t25-,31-,32+/m0/s1. The van der Waals surface area contributed by atoms with Crippen LogP contribution in [0.4, 0.5) is 11.4 Å². The highest BCUT2D eigenvalue weighted by atomic mass is 16.5. The molecule has 3 atom stereocenters. The van der Waals surface area contributed by atoms with Gasteiger partial charge in [-0.25, -0.2) is 0 Å². The number of nitrogens with one attached hydrogen (secondary N) is 3. The van der Waals surface area contributed by atoms with Gasteiger partial charge in [0.15, 0.2) is 0 Å². The van der Waals surface area contributed by atoms with Crippen LogP contribution < -0.4 is 25.8 Å². The Morgan fingerprint density at radius 3 is 2.42 bits per heavy atom. The van der Waals surface area contributed by atoms with Gasteiger partial charge in [0.25, 0.3) is 5.91 Å². The number of morpholine rings is 1. The second-order valence-corrected chi connectivity index (χ2v) is 12.7. The van der Waals surface area contributed by atoms with Crippen molar-refractivity contribution in [3.63, 3.8) is 0 Å². The molecule has 3 fully saturated rings. The number of anilines is 2. The van der Waals surface area contributed by atoms with E-state index >= 15 is 0 Å². The van der Waals surface area contributed by atoms with E-state index in [9.17, 15) is 19.5 Å². The van der Waals surface area contributed by atoms with Gasteiger partial charge in [-0.2, -0.15) is 0 Å². The number of nitrogens with zero attached hydrogens (tertiary/aromatic N) is 2. The summed E-state index contributed by atoms with van der Waals surface area (Å²) in [6.45, 7) is 5.17. The maximum absolute atomic E-state index is 13.9. The number of amides is 3. The quantitative estimate of drug-likeness (QED) is 0.288. The Kier molecular flexibility index (Phi) is 11.8. The van der Waals surface area contributed by atoms with Gasteiger partial charge in [0.1, 0.15) is 0 Å². The molecule has 4 N–H and O–H groups in total. The van der Waals surface area contributed by atoms with Crippen molar-refractivity contribution in [2.24, 2.45) is 0 Å². The Hall–Kier alpha value is -3.47. The van der Waals surface area contributed by atoms with Gasteiger partial charge in [0, 0.05) is 55.6 Å². The lowest BCUT2D eigenvalue weighted by atomic mass is 9.95. The third-order valence-corrected chi connectivity index (χ3v) is 9.23. The first-order valence-corrected chi connectivity index (χ1v) is 16.7. The van der Waals surface area contributed by atoms with E-state index in [0.29, 0.717) is 56.9 Å². The van der Waals surface area contributed by atoms with E-state index < -0.39 is 18.2 Å². The number of hydrogen-bond acceptors (Lipinski definition) is 7. The molecule has 10 heteroatoms. The number of ether oxygens (including phenoxy) is 1. The molecule has 0 unspecified atom stereocenters. The van der Waals surface area contributed by atoms with Gasteiger partial charge >= 0.3 is 0 Å². The third-order valence-electron chi connectivity index (χ3n) is 9.23. The highest BCUT2D eigenvalue weighted by Gasteiger charge is 2.27. The van der Waals surface area contributed by atoms with E-state index in [1.807, 2.05) is 42.5 Å². The molecule has 2 heterocycles. The van der Waals surface area contributed by atoms with E-state index in [1.165, 1.54) is 6.42 Å². The van der Waals surface area contributed by atoms with E-state index in [0.717, 1.165) is 49.8 Å². The first-order chi connectivity index (χ1) is 21.9. The van der Waals surface area contributed by atoms with Crippen LogP contribution in [-0.2, 0) is 20.7 Å². The number of aliphatic hydroxyl groups is 1. The molecule has 45 heavy (non-hydrogen) atoms. The number of carbonyl (C=O) groups is 3. The maximum Gasteiger partial charge on any atom is 0.251 e. The highest BCUT2D eigenvalue weighted by Crippen LogP contribution is 2.29. The van der Waals surface area contributed by atoms with Crippen LogP contribution in [0, 0.1) is 0 Å². The molecule has 2 aromatic carbocycles. The molecule has 1 aliphatic carbocycles. The molecule has 3 aliphatic rings. The zero-order valence-electron chi connectivity index (χ0n) is 26.5. The minimum Gasteiger partial charge on any atom is -0.390 e. The molecule has 10 nitrogen and oxygen atoms in total. The first-order valence-electron chi connectivity index (χ1n) is 16.7. The van der Waals surface area contributed by atoms with Crippen LogP contribution in [-0.4, -0.2) is 86.5 Å². The van der Waals surface area contributed by atoms with Crippen LogP contribution in [0.1, 0.15) is 74.2 Å². The molecule has 2 saturated heterocycles. The lowest BCUT2D eigenvalue weighted by molar-refractivity contribution is -0.123. The first kappa shape index (κ1) is 32.9. The van der Waals surface area contributed by atoms with Crippen molar-refractivity contribution in [1.29, 1.82) is 0 Å². The lowest BCUT2D eigenvalue weighted by Crippen LogP contribution is -2.53. The molecule has 0 spiro atoms. The van der Waals surface area contributed by atoms with Gasteiger partial charge in [-0.15, -0.1) is 0 Å². The summed E-state index contributed by atoms with van der Waals surface area (Å²) < 4.78 is 5.55. The Balaban J connectivity index is 1.31. The molecule has 1 saturated carbocycles. The Morgan fingerprint density at radius 2 is 1.69 bits per heavy atom. The van der Waals surface area contributed by atoms with Crippen LogP contribution in [0.2, 0.25) is 0 Å². The number of piperidine rings is 1. The highest BCUT2D eigenvalue weighted by molar-refractivity contribution is 6.00. The number of aliphatic hydroxyl groups excluding tert-OH is 1. The zero-order chi connectivity index (χ0) is 31.6. The molecule has 2 aliphatic heterocycles. The molecular formula is C35H49N5O5. The SMILES string of the molecule is C[C@H](NC[C@@H](O)[C@H](Cc1ccccc1)NC(=O)c1cc(N2CCOCC2)cc(N2CCCCC2=O)c1)C(=O)NC1CCCCC1. The van der Waals surface area contributed by atoms with Crippen molar-refractivity contribution in [3.8, 4) is 0 Å². The summed E-state index contributed by atoms with van der Waals surface area (Å²) in [6, 6.07) is 14.5. The van der Waals surface area contributed by atoms with Gasteiger partial charge in [-0.3, -0.25) is 14.4 Å². The molecule has 0 radical (unpaired) electrons. The summed E-state index contributed by atoms with van der Waals surface area (Å²) in [5, 5.41) is 20.8. The van der Waals surface area contributed by atoms with Crippen molar-refractivity contribution >= 4 is 29.1 Å². The lowest BCUT2D eigenvalue weighted by Gasteiger charge is -2.32. The van der Waals surface area contributed by atoms with Crippen LogP contribution >= 0.6 is 0 Å².